The van der Waals surface area contributed by atoms with E-state index in [0.717, 1.165) is 22.6 Å². The Morgan fingerprint density at radius 1 is 1.47 bits per heavy atom. The van der Waals surface area contributed by atoms with Crippen LogP contribution in [0, 0.1) is 0 Å². The van der Waals surface area contributed by atoms with E-state index in [9.17, 15) is 0 Å². The first-order chi connectivity index (χ1) is 8.10. The minimum atomic E-state index is 0.0375. The second-order valence-electron chi connectivity index (χ2n) is 3.99. The lowest BCUT2D eigenvalue weighted by atomic mass is 10.1. The van der Waals surface area contributed by atoms with Gasteiger partial charge in [0.05, 0.1) is 13.7 Å². The predicted molar refractivity (Wildman–Crippen MR) is 71.5 cm³/mol. The fraction of sp³-hybridized carbons (Fsp3) is 0.429. The van der Waals surface area contributed by atoms with Crippen molar-refractivity contribution < 1.29 is 9.47 Å². The van der Waals surface area contributed by atoms with Crippen molar-refractivity contribution in [2.24, 2.45) is 5.73 Å². The summed E-state index contributed by atoms with van der Waals surface area (Å²) in [6.07, 6.45) is 2.03. The smallest absolute Gasteiger partial charge is 0.167 e. The molecule has 0 saturated carbocycles. The van der Waals surface area contributed by atoms with Crippen molar-refractivity contribution >= 4 is 6.08 Å². The third-order valence-electron chi connectivity index (χ3n) is 2.61. The Labute approximate surface area is 103 Å². The Kier molecular flexibility index (Phi) is 5.04. The van der Waals surface area contributed by atoms with Crippen LogP contribution in [0.1, 0.15) is 26.3 Å². The lowest BCUT2D eigenvalue weighted by Gasteiger charge is -2.13. The standard InChI is InChI=1S/C14H21NO2/c1-5-17-13-8-6-7-12(14(13)16-4)9-10(2)11(3)15/h6-9,11H,5,15H2,1-4H3/b10-9-. The number of rotatable bonds is 5. The molecule has 0 aliphatic rings. The molecule has 0 radical (unpaired) electrons. The van der Waals surface area contributed by atoms with E-state index in [4.69, 9.17) is 15.2 Å². The van der Waals surface area contributed by atoms with Crippen molar-refractivity contribution in [2.75, 3.05) is 13.7 Å². The fourth-order valence-electron chi connectivity index (χ4n) is 1.51. The Morgan fingerprint density at radius 2 is 2.18 bits per heavy atom. The van der Waals surface area contributed by atoms with Crippen molar-refractivity contribution in [2.45, 2.75) is 26.8 Å². The maximum Gasteiger partial charge on any atom is 0.167 e. The first-order valence-electron chi connectivity index (χ1n) is 5.83. The Bertz CT molecular complexity index is 397. The number of ether oxygens (including phenoxy) is 2. The van der Waals surface area contributed by atoms with E-state index in [1.807, 2.05) is 45.0 Å². The van der Waals surface area contributed by atoms with Gasteiger partial charge in [-0.15, -0.1) is 0 Å². The Balaban J connectivity index is 3.15. The van der Waals surface area contributed by atoms with E-state index in [1.54, 1.807) is 7.11 Å². The van der Waals surface area contributed by atoms with E-state index in [-0.39, 0.29) is 6.04 Å². The zero-order chi connectivity index (χ0) is 12.8. The summed E-state index contributed by atoms with van der Waals surface area (Å²) < 4.78 is 10.9. The summed E-state index contributed by atoms with van der Waals surface area (Å²) in [6.45, 7) is 6.55. The lowest BCUT2D eigenvalue weighted by molar-refractivity contribution is 0.310. The molecule has 3 heteroatoms. The van der Waals surface area contributed by atoms with Gasteiger partial charge in [-0.3, -0.25) is 0 Å². The number of para-hydroxylation sites is 1. The zero-order valence-corrected chi connectivity index (χ0v) is 11.0. The first-order valence-corrected chi connectivity index (χ1v) is 5.83. The molecule has 17 heavy (non-hydrogen) atoms. The molecule has 0 saturated heterocycles. The fourth-order valence-corrected chi connectivity index (χ4v) is 1.51. The SMILES string of the molecule is CCOc1cccc(/C=C(/C)C(C)N)c1OC. The number of nitrogens with two attached hydrogens (primary N) is 1. The van der Waals surface area contributed by atoms with Gasteiger partial charge in [-0.25, -0.2) is 0 Å². The van der Waals surface area contributed by atoms with Gasteiger partial charge in [-0.2, -0.15) is 0 Å². The van der Waals surface area contributed by atoms with Gasteiger partial charge in [0.25, 0.3) is 0 Å². The summed E-state index contributed by atoms with van der Waals surface area (Å²) in [5, 5.41) is 0. The summed E-state index contributed by atoms with van der Waals surface area (Å²) in [4.78, 5) is 0. The highest BCUT2D eigenvalue weighted by Crippen LogP contribution is 2.32. The molecule has 1 rings (SSSR count). The van der Waals surface area contributed by atoms with Gasteiger partial charge in [-0.05, 0) is 26.8 Å². The molecular formula is C14H21NO2. The molecular weight excluding hydrogens is 214 g/mol. The monoisotopic (exact) mass is 235 g/mol. The number of hydrogen-bond donors (Lipinski definition) is 1. The van der Waals surface area contributed by atoms with Crippen molar-refractivity contribution in [3.63, 3.8) is 0 Å². The number of methoxy groups -OCH3 is 1. The van der Waals surface area contributed by atoms with E-state index < -0.39 is 0 Å². The number of hydrogen-bond acceptors (Lipinski definition) is 3. The van der Waals surface area contributed by atoms with Gasteiger partial charge in [0.2, 0.25) is 0 Å². The highest BCUT2D eigenvalue weighted by Gasteiger charge is 2.08. The first kappa shape index (κ1) is 13.6. The van der Waals surface area contributed by atoms with Crippen molar-refractivity contribution in [3.8, 4) is 11.5 Å². The second-order valence-corrected chi connectivity index (χ2v) is 3.99. The third-order valence-corrected chi connectivity index (χ3v) is 2.61. The van der Waals surface area contributed by atoms with Crippen LogP contribution >= 0.6 is 0 Å². The van der Waals surface area contributed by atoms with E-state index in [1.165, 1.54) is 0 Å². The predicted octanol–water partition coefficient (Wildman–Crippen LogP) is 2.84. The molecule has 0 aliphatic carbocycles. The molecule has 0 aliphatic heterocycles. The van der Waals surface area contributed by atoms with Crippen molar-refractivity contribution in [1.82, 2.24) is 0 Å². The minimum absolute atomic E-state index is 0.0375. The molecule has 0 bridgehead atoms. The van der Waals surface area contributed by atoms with Crippen LogP contribution in [0.15, 0.2) is 23.8 Å². The van der Waals surface area contributed by atoms with Crippen molar-refractivity contribution in [3.05, 3.63) is 29.3 Å². The maximum atomic E-state index is 5.83. The van der Waals surface area contributed by atoms with Crippen LogP contribution in [0.25, 0.3) is 6.08 Å². The Morgan fingerprint density at radius 3 is 2.71 bits per heavy atom. The number of benzene rings is 1. The van der Waals surface area contributed by atoms with Crippen LogP contribution in [0.4, 0.5) is 0 Å². The summed E-state index contributed by atoms with van der Waals surface area (Å²) in [5.41, 5.74) is 7.93. The van der Waals surface area contributed by atoms with E-state index in [2.05, 4.69) is 0 Å². The largest absolute Gasteiger partial charge is 0.492 e. The molecule has 3 nitrogen and oxygen atoms in total. The van der Waals surface area contributed by atoms with Gasteiger partial charge in [-0.1, -0.05) is 23.8 Å². The second kappa shape index (κ2) is 6.30. The van der Waals surface area contributed by atoms with Crippen LogP contribution in [0.2, 0.25) is 0 Å². The summed E-state index contributed by atoms with van der Waals surface area (Å²) in [7, 11) is 1.65. The van der Waals surface area contributed by atoms with Gasteiger partial charge in [0.15, 0.2) is 11.5 Å². The van der Waals surface area contributed by atoms with Crippen LogP contribution in [0.5, 0.6) is 11.5 Å². The lowest BCUT2D eigenvalue weighted by Crippen LogP contribution is -2.15. The Hall–Kier alpha value is -1.48. The summed E-state index contributed by atoms with van der Waals surface area (Å²) in [6, 6.07) is 5.89. The highest BCUT2D eigenvalue weighted by atomic mass is 16.5. The average Bonchev–Trinajstić information content (AvgIpc) is 2.29. The minimum Gasteiger partial charge on any atom is -0.492 e. The molecule has 0 heterocycles. The third kappa shape index (κ3) is 3.49. The summed E-state index contributed by atoms with van der Waals surface area (Å²) >= 11 is 0. The van der Waals surface area contributed by atoms with Gasteiger partial charge < -0.3 is 15.2 Å². The molecule has 0 aromatic heterocycles. The van der Waals surface area contributed by atoms with E-state index >= 15 is 0 Å². The normalized spacial score (nSPS) is 13.4. The zero-order valence-electron chi connectivity index (χ0n) is 11.0. The quantitative estimate of drug-likeness (QED) is 0.853. The molecule has 1 unspecified atom stereocenters. The van der Waals surface area contributed by atoms with Crippen LogP contribution in [0.3, 0.4) is 0 Å². The molecule has 94 valence electrons. The van der Waals surface area contributed by atoms with Crippen molar-refractivity contribution in [1.29, 1.82) is 0 Å². The molecule has 1 aromatic rings. The summed E-state index contributed by atoms with van der Waals surface area (Å²) in [5.74, 6) is 1.52. The van der Waals surface area contributed by atoms with Crippen LogP contribution < -0.4 is 15.2 Å². The molecule has 2 N–H and O–H groups in total. The maximum absolute atomic E-state index is 5.83. The van der Waals surface area contributed by atoms with Gasteiger partial charge >= 0.3 is 0 Å². The molecule has 0 spiro atoms. The highest BCUT2D eigenvalue weighted by molar-refractivity contribution is 5.64. The van der Waals surface area contributed by atoms with Crippen LogP contribution in [-0.2, 0) is 0 Å². The molecule has 0 amide bonds. The van der Waals surface area contributed by atoms with Gasteiger partial charge in [0, 0.05) is 11.6 Å². The van der Waals surface area contributed by atoms with Gasteiger partial charge in [0.1, 0.15) is 0 Å². The van der Waals surface area contributed by atoms with E-state index in [0.29, 0.717) is 6.61 Å². The topological polar surface area (TPSA) is 44.5 Å². The average molecular weight is 235 g/mol. The molecule has 1 atom stereocenters. The van der Waals surface area contributed by atoms with Crippen LogP contribution in [-0.4, -0.2) is 19.8 Å². The molecule has 1 aromatic carbocycles. The molecule has 0 fully saturated rings.